The molecule has 0 atom stereocenters. The van der Waals surface area contributed by atoms with Gasteiger partial charge in [-0.05, 0) is 55.2 Å². The highest BCUT2D eigenvalue weighted by molar-refractivity contribution is 5.93. The number of ether oxygens (including phenoxy) is 1. The number of nitrogens with zero attached hydrogens (tertiary/aromatic N) is 1. The van der Waals surface area contributed by atoms with Crippen molar-refractivity contribution in [2.75, 3.05) is 11.9 Å². The van der Waals surface area contributed by atoms with Crippen molar-refractivity contribution in [1.29, 1.82) is 0 Å². The lowest BCUT2D eigenvalue weighted by Gasteiger charge is -2.21. The van der Waals surface area contributed by atoms with Gasteiger partial charge in [-0.3, -0.25) is 4.79 Å². The fraction of sp³-hybridized carbons (Fsp3) is 0.381. The largest absolute Gasteiger partial charge is 0.488 e. The van der Waals surface area contributed by atoms with Crippen molar-refractivity contribution in [3.8, 4) is 5.75 Å². The van der Waals surface area contributed by atoms with Gasteiger partial charge in [0, 0.05) is 19.0 Å². The summed E-state index contributed by atoms with van der Waals surface area (Å²) < 4.78 is 20.3. The molecule has 0 fully saturated rings. The minimum Gasteiger partial charge on any atom is -0.488 e. The van der Waals surface area contributed by atoms with Crippen LogP contribution in [0.5, 0.6) is 5.75 Å². The van der Waals surface area contributed by atoms with Crippen LogP contribution >= 0.6 is 0 Å². The Morgan fingerprint density at radius 2 is 1.88 bits per heavy atom. The maximum absolute atomic E-state index is 14.4. The fourth-order valence-corrected chi connectivity index (χ4v) is 2.91. The number of hydrogen-bond donors (Lipinski definition) is 0. The van der Waals surface area contributed by atoms with Gasteiger partial charge in [-0.1, -0.05) is 26.0 Å². The molecule has 25 heavy (non-hydrogen) atoms. The summed E-state index contributed by atoms with van der Waals surface area (Å²) in [7, 11) is 1.66. The Morgan fingerprint density at radius 3 is 2.52 bits per heavy atom. The summed E-state index contributed by atoms with van der Waals surface area (Å²) in [5, 5.41) is 0. The maximum atomic E-state index is 14.4. The number of rotatable bonds is 6. The minimum absolute atomic E-state index is 0.0637. The van der Waals surface area contributed by atoms with Crippen LogP contribution in [0.25, 0.3) is 0 Å². The molecule has 0 heterocycles. The number of carbonyl (C=O) groups is 1. The maximum Gasteiger partial charge on any atom is 0.226 e. The van der Waals surface area contributed by atoms with Crippen LogP contribution in [0.4, 0.5) is 10.1 Å². The molecular formula is C21H26FNO2. The van der Waals surface area contributed by atoms with Gasteiger partial charge in [-0.15, -0.1) is 0 Å². The van der Waals surface area contributed by atoms with Crippen LogP contribution < -0.4 is 9.64 Å². The molecule has 134 valence electrons. The molecule has 0 aliphatic rings. The van der Waals surface area contributed by atoms with Crippen molar-refractivity contribution >= 4 is 11.6 Å². The number of carbonyl (C=O) groups excluding carboxylic acids is 1. The van der Waals surface area contributed by atoms with Gasteiger partial charge in [-0.2, -0.15) is 0 Å². The van der Waals surface area contributed by atoms with E-state index < -0.39 is 0 Å². The topological polar surface area (TPSA) is 29.5 Å². The molecule has 0 saturated heterocycles. The first-order chi connectivity index (χ1) is 11.9. The first-order valence-electron chi connectivity index (χ1n) is 8.65. The minimum atomic E-state index is -0.368. The van der Waals surface area contributed by atoms with Crippen LogP contribution in [-0.4, -0.2) is 13.0 Å². The summed E-state index contributed by atoms with van der Waals surface area (Å²) in [6.45, 7) is 8.02. The van der Waals surface area contributed by atoms with E-state index in [1.807, 2.05) is 19.9 Å². The number of hydrogen-bond acceptors (Lipinski definition) is 2. The summed E-state index contributed by atoms with van der Waals surface area (Å²) in [5.74, 6) is 0.312. The van der Waals surface area contributed by atoms with Gasteiger partial charge in [0.25, 0.3) is 0 Å². The molecule has 0 bridgehead atoms. The Hall–Kier alpha value is -2.36. The summed E-state index contributed by atoms with van der Waals surface area (Å²) in [6, 6.07) is 8.85. The molecule has 0 aromatic heterocycles. The fourth-order valence-electron chi connectivity index (χ4n) is 2.91. The van der Waals surface area contributed by atoms with Crippen LogP contribution in [0.15, 0.2) is 30.3 Å². The molecular weight excluding hydrogens is 317 g/mol. The van der Waals surface area contributed by atoms with E-state index in [1.54, 1.807) is 26.1 Å². The quantitative estimate of drug-likeness (QED) is 0.742. The Balaban J connectivity index is 2.30. The van der Waals surface area contributed by atoms with Gasteiger partial charge in [0.1, 0.15) is 18.2 Å². The predicted molar refractivity (Wildman–Crippen MR) is 99.7 cm³/mol. The first kappa shape index (κ1) is 19.0. The van der Waals surface area contributed by atoms with Crippen molar-refractivity contribution in [1.82, 2.24) is 0 Å². The molecule has 3 nitrogen and oxygen atoms in total. The molecule has 2 rings (SSSR count). The molecule has 0 spiro atoms. The van der Waals surface area contributed by atoms with E-state index in [0.717, 1.165) is 23.3 Å². The number of aryl methyl sites for hydroxylation is 3. The summed E-state index contributed by atoms with van der Waals surface area (Å²) in [4.78, 5) is 13.5. The smallest absolute Gasteiger partial charge is 0.226 e. The van der Waals surface area contributed by atoms with E-state index in [-0.39, 0.29) is 18.3 Å². The van der Waals surface area contributed by atoms with E-state index in [1.165, 1.54) is 16.5 Å². The highest BCUT2D eigenvalue weighted by Gasteiger charge is 2.17. The zero-order chi connectivity index (χ0) is 18.6. The highest BCUT2D eigenvalue weighted by Crippen LogP contribution is 2.28. The zero-order valence-electron chi connectivity index (χ0n) is 15.6. The number of halogens is 1. The van der Waals surface area contributed by atoms with Gasteiger partial charge < -0.3 is 9.64 Å². The third-order valence-electron chi connectivity index (χ3n) is 4.52. The van der Waals surface area contributed by atoms with Crippen LogP contribution in [-0.2, 0) is 17.8 Å². The Morgan fingerprint density at radius 1 is 1.16 bits per heavy atom. The van der Waals surface area contributed by atoms with Gasteiger partial charge >= 0.3 is 0 Å². The molecule has 0 saturated carbocycles. The molecule has 4 heteroatoms. The van der Waals surface area contributed by atoms with E-state index >= 15 is 0 Å². The first-order valence-corrected chi connectivity index (χ1v) is 8.65. The lowest BCUT2D eigenvalue weighted by molar-refractivity contribution is -0.118. The average Bonchev–Trinajstić information content (AvgIpc) is 2.61. The van der Waals surface area contributed by atoms with Gasteiger partial charge in [0.2, 0.25) is 5.91 Å². The van der Waals surface area contributed by atoms with Crippen molar-refractivity contribution in [2.45, 2.75) is 47.1 Å². The molecule has 2 aromatic carbocycles. The Kier molecular flexibility index (Phi) is 6.18. The molecule has 0 aliphatic carbocycles. The standard InChI is InChI=1S/C21H26FNO2/c1-6-16-11-15(4)20(12-14(16)3)25-13-17-18(22)9-8-10-19(17)23(5)21(24)7-2/h8-12H,6-7,13H2,1-5H3. The number of anilines is 1. The molecule has 0 N–H and O–H groups in total. The zero-order valence-corrected chi connectivity index (χ0v) is 15.6. The average molecular weight is 343 g/mol. The molecule has 0 unspecified atom stereocenters. The monoisotopic (exact) mass is 343 g/mol. The Bertz CT molecular complexity index is 771. The normalized spacial score (nSPS) is 10.6. The van der Waals surface area contributed by atoms with Crippen molar-refractivity contribution in [2.24, 2.45) is 0 Å². The second-order valence-electron chi connectivity index (χ2n) is 6.23. The second-order valence-corrected chi connectivity index (χ2v) is 6.23. The number of benzene rings is 2. The van der Waals surface area contributed by atoms with Crippen LogP contribution in [0, 0.1) is 19.7 Å². The van der Waals surface area contributed by atoms with E-state index in [0.29, 0.717) is 17.7 Å². The van der Waals surface area contributed by atoms with Gasteiger partial charge in [-0.25, -0.2) is 4.39 Å². The predicted octanol–water partition coefficient (Wildman–Crippen LogP) is 4.96. The molecule has 2 aromatic rings. The summed E-state index contributed by atoms with van der Waals surface area (Å²) in [6.07, 6.45) is 1.33. The summed E-state index contributed by atoms with van der Waals surface area (Å²) >= 11 is 0. The number of amides is 1. The summed E-state index contributed by atoms with van der Waals surface area (Å²) in [5.41, 5.74) is 4.41. The SMILES string of the molecule is CCC(=O)N(C)c1cccc(F)c1COc1cc(C)c(CC)cc1C. The highest BCUT2D eigenvalue weighted by atomic mass is 19.1. The van der Waals surface area contributed by atoms with Crippen molar-refractivity contribution in [3.63, 3.8) is 0 Å². The third kappa shape index (κ3) is 4.19. The van der Waals surface area contributed by atoms with Gasteiger partial charge in [0.05, 0.1) is 5.69 Å². The van der Waals surface area contributed by atoms with Crippen molar-refractivity contribution in [3.05, 3.63) is 58.4 Å². The third-order valence-corrected chi connectivity index (χ3v) is 4.52. The van der Waals surface area contributed by atoms with E-state index in [9.17, 15) is 9.18 Å². The second kappa shape index (κ2) is 8.15. The molecule has 0 aliphatic heterocycles. The lowest BCUT2D eigenvalue weighted by atomic mass is 10.0. The molecule has 1 amide bonds. The van der Waals surface area contributed by atoms with Crippen LogP contribution in [0.1, 0.15) is 42.5 Å². The van der Waals surface area contributed by atoms with E-state index in [2.05, 4.69) is 13.0 Å². The van der Waals surface area contributed by atoms with Crippen LogP contribution in [0.2, 0.25) is 0 Å². The van der Waals surface area contributed by atoms with Crippen LogP contribution in [0.3, 0.4) is 0 Å². The lowest BCUT2D eigenvalue weighted by Crippen LogP contribution is -2.26. The van der Waals surface area contributed by atoms with Gasteiger partial charge in [0.15, 0.2) is 0 Å². The van der Waals surface area contributed by atoms with E-state index in [4.69, 9.17) is 4.74 Å². The van der Waals surface area contributed by atoms with Crippen molar-refractivity contribution < 1.29 is 13.9 Å². The molecule has 0 radical (unpaired) electrons. The Labute approximate surface area is 149 Å².